The molecule has 3 aromatic heterocycles. The van der Waals surface area contributed by atoms with Crippen LogP contribution in [0.15, 0.2) is 137 Å². The zero-order valence-corrected chi connectivity index (χ0v) is 24.0. The lowest BCUT2D eigenvalue weighted by Crippen LogP contribution is -2.19. The van der Waals surface area contributed by atoms with E-state index in [4.69, 9.17) is 4.98 Å². The Labute approximate surface area is 250 Å². The molecular formula is C37H28N4S. The molecule has 0 bridgehead atoms. The molecule has 0 saturated heterocycles. The third-order valence-electron chi connectivity index (χ3n) is 7.36. The van der Waals surface area contributed by atoms with Crippen LogP contribution < -0.4 is 4.90 Å². The predicted molar refractivity (Wildman–Crippen MR) is 175 cm³/mol. The Balaban J connectivity index is 1.16. The van der Waals surface area contributed by atoms with E-state index in [0.29, 0.717) is 0 Å². The Kier molecular flexibility index (Phi) is 7.08. The van der Waals surface area contributed by atoms with Crippen molar-refractivity contribution < 1.29 is 0 Å². The van der Waals surface area contributed by atoms with E-state index in [1.807, 2.05) is 48.2 Å². The molecule has 1 aliphatic rings. The lowest BCUT2D eigenvalue weighted by atomic mass is 10.0. The number of para-hydroxylation sites is 1. The Hall–Kier alpha value is -5.00. The molecule has 4 heterocycles. The summed E-state index contributed by atoms with van der Waals surface area (Å²) in [6.07, 6.45) is 7.96. The second kappa shape index (κ2) is 11.5. The molecule has 1 aliphatic heterocycles. The molecule has 42 heavy (non-hydrogen) atoms. The summed E-state index contributed by atoms with van der Waals surface area (Å²) in [6.45, 7) is 3.15. The molecular weight excluding hydrogens is 533 g/mol. The van der Waals surface area contributed by atoms with Crippen LogP contribution >= 0.6 is 11.8 Å². The lowest BCUT2D eigenvalue weighted by Gasteiger charge is -2.32. The summed E-state index contributed by atoms with van der Waals surface area (Å²) < 4.78 is 0. The maximum Gasteiger partial charge on any atom is 0.0900 e. The quantitative estimate of drug-likeness (QED) is 0.190. The number of benzene rings is 3. The molecule has 0 N–H and O–H groups in total. The molecule has 3 aromatic carbocycles. The maximum atomic E-state index is 4.89. The van der Waals surface area contributed by atoms with Gasteiger partial charge < -0.3 is 4.90 Å². The molecule has 0 amide bonds. The third-order valence-corrected chi connectivity index (χ3v) is 8.47. The van der Waals surface area contributed by atoms with Gasteiger partial charge in [0.25, 0.3) is 0 Å². The van der Waals surface area contributed by atoms with Crippen molar-refractivity contribution in [1.29, 1.82) is 0 Å². The van der Waals surface area contributed by atoms with Gasteiger partial charge in [0.05, 0.1) is 34.2 Å². The van der Waals surface area contributed by atoms with Crippen molar-refractivity contribution in [3.05, 3.63) is 139 Å². The number of anilines is 2. The van der Waals surface area contributed by atoms with Crippen LogP contribution in [-0.4, -0.2) is 21.5 Å². The first-order chi connectivity index (χ1) is 20.7. The number of nitrogens with zero attached hydrogens (tertiary/aromatic N) is 4. The highest BCUT2D eigenvalue weighted by Crippen LogP contribution is 2.48. The first-order valence-corrected chi connectivity index (χ1v) is 14.9. The van der Waals surface area contributed by atoms with Gasteiger partial charge in [0.15, 0.2) is 0 Å². The number of rotatable bonds is 6. The number of fused-ring (bicyclic) bond motifs is 2. The average Bonchev–Trinajstić information content (AvgIpc) is 3.07. The summed E-state index contributed by atoms with van der Waals surface area (Å²) in [6, 6.07) is 40.0. The molecule has 0 unspecified atom stereocenters. The van der Waals surface area contributed by atoms with E-state index in [1.165, 1.54) is 26.7 Å². The Morgan fingerprint density at radius 3 is 1.86 bits per heavy atom. The van der Waals surface area contributed by atoms with Gasteiger partial charge in [0.1, 0.15) is 0 Å². The summed E-state index contributed by atoms with van der Waals surface area (Å²) in [4.78, 5) is 19.0. The molecule has 4 nitrogen and oxygen atoms in total. The smallest absolute Gasteiger partial charge is 0.0900 e. The van der Waals surface area contributed by atoms with E-state index >= 15 is 0 Å². The molecule has 6 aromatic rings. The highest BCUT2D eigenvalue weighted by Gasteiger charge is 2.21. The second-order valence-corrected chi connectivity index (χ2v) is 11.1. The Bertz CT molecular complexity index is 1830. The first kappa shape index (κ1) is 25.9. The van der Waals surface area contributed by atoms with Gasteiger partial charge in [-0.05, 0) is 89.8 Å². The van der Waals surface area contributed by atoms with Crippen LogP contribution in [0.5, 0.6) is 0 Å². The molecule has 0 fully saturated rings. The first-order valence-electron chi connectivity index (χ1n) is 14.1. The zero-order valence-electron chi connectivity index (χ0n) is 23.2. The highest BCUT2D eigenvalue weighted by molar-refractivity contribution is 7.99. The molecule has 0 aliphatic carbocycles. The largest absolute Gasteiger partial charge is 0.340 e. The van der Waals surface area contributed by atoms with Crippen LogP contribution in [0, 0.1) is 0 Å². The summed E-state index contributed by atoms with van der Waals surface area (Å²) in [5.74, 6) is 0. The van der Waals surface area contributed by atoms with E-state index in [0.717, 1.165) is 46.0 Å². The van der Waals surface area contributed by atoms with E-state index in [2.05, 4.69) is 113 Å². The van der Waals surface area contributed by atoms with Crippen LogP contribution in [0.1, 0.15) is 18.1 Å². The van der Waals surface area contributed by atoms with Gasteiger partial charge >= 0.3 is 0 Å². The SMILES string of the molecule is CCN1c2ccccc2Sc2cc(/C=C/c3ccc(-c4cc(-c5ccccn5)nc(-c5ccccn5)c4)cc3)ccc21. The second-order valence-electron chi connectivity index (χ2n) is 10.1. The lowest BCUT2D eigenvalue weighted by molar-refractivity contribution is 0.979. The van der Waals surface area contributed by atoms with Crippen LogP contribution in [-0.2, 0) is 0 Å². The fourth-order valence-electron chi connectivity index (χ4n) is 5.26. The van der Waals surface area contributed by atoms with Gasteiger partial charge in [-0.1, -0.05) is 78.5 Å². The molecule has 202 valence electrons. The van der Waals surface area contributed by atoms with E-state index in [-0.39, 0.29) is 0 Å². The fourth-order valence-corrected chi connectivity index (χ4v) is 6.41. The standard InChI is InChI=1S/C37H28N4S/c1-2-41-34-11-3-4-12-36(34)42-37-23-27(17-20-35(37)41)14-13-26-15-18-28(19-16-26)29-24-32(30-9-5-7-21-38-30)40-33(25-29)31-10-6-8-22-39-31/h3-25H,2H2,1H3/b14-13+. The number of hydrogen-bond acceptors (Lipinski definition) is 5. The topological polar surface area (TPSA) is 41.9 Å². The predicted octanol–water partition coefficient (Wildman–Crippen LogP) is 9.67. The van der Waals surface area contributed by atoms with Crippen molar-refractivity contribution in [2.24, 2.45) is 0 Å². The van der Waals surface area contributed by atoms with E-state index in [1.54, 1.807) is 12.4 Å². The van der Waals surface area contributed by atoms with Gasteiger partial charge in [-0.25, -0.2) is 4.98 Å². The molecule has 0 radical (unpaired) electrons. The van der Waals surface area contributed by atoms with E-state index in [9.17, 15) is 0 Å². The van der Waals surface area contributed by atoms with Gasteiger partial charge in [-0.2, -0.15) is 0 Å². The van der Waals surface area contributed by atoms with Crippen LogP contribution in [0.4, 0.5) is 11.4 Å². The summed E-state index contributed by atoms with van der Waals surface area (Å²) in [7, 11) is 0. The zero-order chi connectivity index (χ0) is 28.3. The normalized spacial score (nSPS) is 12.3. The van der Waals surface area contributed by atoms with Crippen LogP contribution in [0.25, 0.3) is 46.1 Å². The summed E-state index contributed by atoms with van der Waals surface area (Å²) >= 11 is 1.85. The monoisotopic (exact) mass is 560 g/mol. The third kappa shape index (κ3) is 5.22. The molecule has 7 rings (SSSR count). The molecule has 5 heteroatoms. The maximum absolute atomic E-state index is 4.89. The van der Waals surface area contributed by atoms with Crippen molar-refractivity contribution in [3.63, 3.8) is 0 Å². The van der Waals surface area contributed by atoms with Crippen molar-refractivity contribution in [2.75, 3.05) is 11.4 Å². The fraction of sp³-hybridized carbons (Fsp3) is 0.0541. The molecule has 0 atom stereocenters. The summed E-state index contributed by atoms with van der Waals surface area (Å²) in [5, 5.41) is 0. The highest BCUT2D eigenvalue weighted by atomic mass is 32.2. The molecule has 0 spiro atoms. The van der Waals surface area contributed by atoms with Gasteiger partial charge in [-0.15, -0.1) is 0 Å². The van der Waals surface area contributed by atoms with Crippen LogP contribution in [0.2, 0.25) is 0 Å². The molecule has 0 saturated carbocycles. The van der Waals surface area contributed by atoms with Gasteiger partial charge in [-0.3, -0.25) is 9.97 Å². The van der Waals surface area contributed by atoms with Gasteiger partial charge in [0.2, 0.25) is 0 Å². The average molecular weight is 561 g/mol. The van der Waals surface area contributed by atoms with Crippen molar-refractivity contribution >= 4 is 35.3 Å². The summed E-state index contributed by atoms with van der Waals surface area (Å²) in [5.41, 5.74) is 10.4. The number of aromatic nitrogens is 3. The van der Waals surface area contributed by atoms with Crippen molar-refractivity contribution in [2.45, 2.75) is 16.7 Å². The number of pyridine rings is 3. The Morgan fingerprint density at radius 2 is 1.19 bits per heavy atom. The Morgan fingerprint density at radius 1 is 0.571 bits per heavy atom. The minimum Gasteiger partial charge on any atom is -0.340 e. The van der Waals surface area contributed by atoms with Crippen LogP contribution in [0.3, 0.4) is 0 Å². The number of hydrogen-bond donors (Lipinski definition) is 0. The van der Waals surface area contributed by atoms with E-state index < -0.39 is 0 Å². The van der Waals surface area contributed by atoms with Gasteiger partial charge in [0, 0.05) is 28.7 Å². The van der Waals surface area contributed by atoms with Crippen molar-refractivity contribution in [3.8, 4) is 33.9 Å². The minimum atomic E-state index is 0.826. The van der Waals surface area contributed by atoms with Crippen molar-refractivity contribution in [1.82, 2.24) is 15.0 Å². The minimum absolute atomic E-state index is 0.826.